The molecular weight excluding hydrogens is 344 g/mol. The second-order valence-corrected chi connectivity index (χ2v) is 6.24. The van der Waals surface area contributed by atoms with Crippen molar-refractivity contribution < 1.29 is 19.7 Å². The Morgan fingerprint density at radius 1 is 0.963 bits per heavy atom. The van der Waals surface area contributed by atoms with Gasteiger partial charge in [0.05, 0.1) is 0 Å². The van der Waals surface area contributed by atoms with Crippen LogP contribution in [0.1, 0.15) is 17.2 Å². The van der Waals surface area contributed by atoms with Crippen molar-refractivity contribution in [2.75, 3.05) is 12.3 Å². The Bertz CT molecular complexity index is 914. The molecule has 3 rings (SSSR count). The topological polar surface area (TPSA) is 105 Å². The molecule has 0 fully saturated rings. The van der Waals surface area contributed by atoms with E-state index < -0.39 is 18.3 Å². The van der Waals surface area contributed by atoms with Crippen LogP contribution in [0.25, 0.3) is 10.8 Å². The van der Waals surface area contributed by atoms with E-state index in [2.05, 4.69) is 5.32 Å². The van der Waals surface area contributed by atoms with Gasteiger partial charge in [-0.05, 0) is 22.6 Å². The van der Waals surface area contributed by atoms with Gasteiger partial charge in [-0.15, -0.1) is 0 Å². The number of nitrogens with two attached hydrogens (primary N) is 1. The Morgan fingerprint density at radius 3 is 2.44 bits per heavy atom. The highest BCUT2D eigenvalue weighted by atomic mass is 16.5. The molecule has 0 aliphatic heterocycles. The first-order valence-electron chi connectivity index (χ1n) is 8.64. The molecule has 2 atom stereocenters. The average molecular weight is 366 g/mol. The Labute approximate surface area is 157 Å². The van der Waals surface area contributed by atoms with Gasteiger partial charge in [-0.1, -0.05) is 60.7 Å². The minimum absolute atomic E-state index is 0.133. The summed E-state index contributed by atoms with van der Waals surface area (Å²) in [5.41, 5.74) is 7.97. The molecule has 0 radical (unpaired) electrons. The fourth-order valence-electron chi connectivity index (χ4n) is 2.90. The zero-order chi connectivity index (χ0) is 19.2. The van der Waals surface area contributed by atoms with Crippen molar-refractivity contribution in [3.63, 3.8) is 0 Å². The van der Waals surface area contributed by atoms with Gasteiger partial charge < -0.3 is 26.0 Å². The summed E-state index contributed by atoms with van der Waals surface area (Å²) in [6, 6.07) is 20.0. The molecule has 3 aromatic rings. The lowest BCUT2D eigenvalue weighted by atomic mass is 9.96. The minimum Gasteiger partial charge on any atom is -0.445 e. The summed E-state index contributed by atoms with van der Waals surface area (Å²) in [5, 5.41) is 24.8. The van der Waals surface area contributed by atoms with Crippen molar-refractivity contribution in [2.45, 2.75) is 18.8 Å². The number of aliphatic hydroxyl groups is 2. The van der Waals surface area contributed by atoms with Crippen LogP contribution < -0.4 is 11.1 Å². The lowest BCUT2D eigenvalue weighted by Gasteiger charge is -2.20. The van der Waals surface area contributed by atoms with Crippen LogP contribution in [0.15, 0.2) is 66.7 Å². The third-order valence-electron chi connectivity index (χ3n) is 4.34. The first kappa shape index (κ1) is 18.7. The molecule has 1 amide bonds. The maximum atomic E-state index is 11.8. The van der Waals surface area contributed by atoms with Crippen LogP contribution in [0, 0.1) is 0 Å². The molecular formula is C21H22N2O4. The molecule has 0 aromatic heterocycles. The third kappa shape index (κ3) is 4.55. The predicted molar refractivity (Wildman–Crippen MR) is 104 cm³/mol. The lowest BCUT2D eigenvalue weighted by Crippen LogP contribution is -2.35. The number of nitrogens with one attached hydrogen (secondary N) is 1. The van der Waals surface area contributed by atoms with Crippen molar-refractivity contribution >= 4 is 22.6 Å². The predicted octanol–water partition coefficient (Wildman–Crippen LogP) is 2.74. The van der Waals surface area contributed by atoms with Crippen LogP contribution in [0.2, 0.25) is 0 Å². The minimum atomic E-state index is -1.19. The fourth-order valence-corrected chi connectivity index (χ4v) is 2.90. The van der Waals surface area contributed by atoms with E-state index in [1.54, 1.807) is 24.3 Å². The number of alkyl carbamates (subject to hydrolysis) is 1. The van der Waals surface area contributed by atoms with Crippen LogP contribution >= 0.6 is 0 Å². The van der Waals surface area contributed by atoms with Crippen LogP contribution in [-0.4, -0.2) is 29.0 Å². The summed E-state index contributed by atoms with van der Waals surface area (Å²) in [5.74, 6) is 0. The van der Waals surface area contributed by atoms with E-state index in [1.807, 2.05) is 42.5 Å². The quantitative estimate of drug-likeness (QED) is 0.502. The van der Waals surface area contributed by atoms with Crippen LogP contribution in [0.4, 0.5) is 10.5 Å². The Kier molecular flexibility index (Phi) is 5.90. The molecule has 0 heterocycles. The van der Waals surface area contributed by atoms with Gasteiger partial charge in [-0.2, -0.15) is 0 Å². The molecule has 0 saturated heterocycles. The summed E-state index contributed by atoms with van der Waals surface area (Å²) in [4.78, 5) is 11.8. The molecule has 0 aliphatic rings. The van der Waals surface area contributed by atoms with Crippen molar-refractivity contribution in [2.24, 2.45) is 0 Å². The van der Waals surface area contributed by atoms with E-state index in [0.717, 1.165) is 16.3 Å². The molecule has 0 spiro atoms. The number of benzene rings is 3. The van der Waals surface area contributed by atoms with Gasteiger partial charge in [-0.3, -0.25) is 0 Å². The number of fused-ring (bicyclic) bond motifs is 1. The second kappa shape index (κ2) is 8.53. The number of nitrogen functional groups attached to an aromatic ring is 1. The molecule has 0 saturated carbocycles. The molecule has 140 valence electrons. The molecule has 0 bridgehead atoms. The monoisotopic (exact) mass is 366 g/mol. The zero-order valence-electron chi connectivity index (χ0n) is 14.7. The van der Waals surface area contributed by atoms with Crippen molar-refractivity contribution in [3.8, 4) is 0 Å². The van der Waals surface area contributed by atoms with Gasteiger partial charge in [0.25, 0.3) is 0 Å². The molecule has 2 unspecified atom stereocenters. The summed E-state index contributed by atoms with van der Waals surface area (Å²) in [7, 11) is 0. The highest BCUT2D eigenvalue weighted by molar-refractivity contribution is 5.95. The summed E-state index contributed by atoms with van der Waals surface area (Å²) >= 11 is 0. The second-order valence-electron chi connectivity index (χ2n) is 6.24. The normalized spacial score (nSPS) is 13.1. The fraction of sp³-hybridized carbons (Fsp3) is 0.190. The number of carbonyl (C=O) groups is 1. The standard InChI is InChI=1S/C21H22N2O4/c22-18-11-5-8-15-16(18)9-4-10-17(15)20(25)19(24)12-23-21(26)27-13-14-6-2-1-3-7-14/h1-11,19-20,24-25H,12-13,22H2,(H,23,26). The van der Waals surface area contributed by atoms with Gasteiger partial charge in [0.1, 0.15) is 18.8 Å². The van der Waals surface area contributed by atoms with Gasteiger partial charge in [0.2, 0.25) is 0 Å². The first-order chi connectivity index (χ1) is 13.1. The average Bonchev–Trinajstić information content (AvgIpc) is 2.70. The van der Waals surface area contributed by atoms with Crippen molar-refractivity contribution in [1.29, 1.82) is 0 Å². The number of amides is 1. The molecule has 6 heteroatoms. The van der Waals surface area contributed by atoms with E-state index in [1.165, 1.54) is 0 Å². The SMILES string of the molecule is Nc1cccc2c(C(O)C(O)CNC(=O)OCc3ccccc3)cccc12. The van der Waals surface area contributed by atoms with Crippen LogP contribution in [0.3, 0.4) is 0 Å². The number of hydrogen-bond acceptors (Lipinski definition) is 5. The number of hydrogen-bond donors (Lipinski definition) is 4. The Balaban J connectivity index is 1.59. The van der Waals surface area contributed by atoms with E-state index in [0.29, 0.717) is 11.3 Å². The summed E-state index contributed by atoms with van der Waals surface area (Å²) < 4.78 is 5.09. The molecule has 0 aliphatic carbocycles. The number of carbonyl (C=O) groups excluding carboxylic acids is 1. The number of aliphatic hydroxyl groups excluding tert-OH is 2. The smallest absolute Gasteiger partial charge is 0.407 e. The lowest BCUT2D eigenvalue weighted by molar-refractivity contribution is 0.0192. The van der Waals surface area contributed by atoms with Gasteiger partial charge >= 0.3 is 6.09 Å². The molecule has 27 heavy (non-hydrogen) atoms. The third-order valence-corrected chi connectivity index (χ3v) is 4.34. The Hall–Kier alpha value is -3.09. The first-order valence-corrected chi connectivity index (χ1v) is 8.64. The largest absolute Gasteiger partial charge is 0.445 e. The molecule has 5 N–H and O–H groups in total. The zero-order valence-corrected chi connectivity index (χ0v) is 14.7. The van der Waals surface area contributed by atoms with E-state index >= 15 is 0 Å². The number of rotatable bonds is 6. The molecule has 3 aromatic carbocycles. The van der Waals surface area contributed by atoms with Gasteiger partial charge in [0.15, 0.2) is 0 Å². The Morgan fingerprint density at radius 2 is 1.67 bits per heavy atom. The van der Waals surface area contributed by atoms with E-state index in [4.69, 9.17) is 10.5 Å². The van der Waals surface area contributed by atoms with Crippen LogP contribution in [-0.2, 0) is 11.3 Å². The molecule has 6 nitrogen and oxygen atoms in total. The van der Waals surface area contributed by atoms with E-state index in [9.17, 15) is 15.0 Å². The number of anilines is 1. The van der Waals surface area contributed by atoms with Crippen molar-refractivity contribution in [3.05, 3.63) is 77.9 Å². The maximum absolute atomic E-state index is 11.8. The van der Waals surface area contributed by atoms with Crippen molar-refractivity contribution in [1.82, 2.24) is 5.32 Å². The van der Waals surface area contributed by atoms with E-state index in [-0.39, 0.29) is 13.2 Å². The summed E-state index contributed by atoms with van der Waals surface area (Å²) in [6.45, 7) is -0.0125. The van der Waals surface area contributed by atoms with Crippen LogP contribution in [0.5, 0.6) is 0 Å². The summed E-state index contributed by atoms with van der Waals surface area (Å²) in [6.07, 6.45) is -3.03. The maximum Gasteiger partial charge on any atom is 0.407 e. The highest BCUT2D eigenvalue weighted by Gasteiger charge is 2.21. The van der Waals surface area contributed by atoms with Gasteiger partial charge in [-0.25, -0.2) is 4.79 Å². The number of ether oxygens (including phenoxy) is 1. The highest BCUT2D eigenvalue weighted by Crippen LogP contribution is 2.29. The van der Waals surface area contributed by atoms with Gasteiger partial charge in [0, 0.05) is 17.6 Å².